The summed E-state index contributed by atoms with van der Waals surface area (Å²) in [6, 6.07) is 8.89. The molecule has 0 saturated carbocycles. The number of primary amides is 1. The molecule has 1 aliphatic carbocycles. The van der Waals surface area contributed by atoms with Crippen molar-refractivity contribution in [3.8, 4) is 0 Å². The van der Waals surface area contributed by atoms with Crippen LogP contribution in [0.4, 0.5) is 8.78 Å². The predicted octanol–water partition coefficient (Wildman–Crippen LogP) is 3.78. The van der Waals surface area contributed by atoms with Gasteiger partial charge in [-0.3, -0.25) is 9.59 Å². The van der Waals surface area contributed by atoms with Gasteiger partial charge in [0, 0.05) is 17.6 Å². The topological polar surface area (TPSA) is 76.3 Å². The van der Waals surface area contributed by atoms with Gasteiger partial charge < -0.3 is 10.6 Å². The van der Waals surface area contributed by atoms with Gasteiger partial charge >= 0.3 is 0 Å². The van der Waals surface area contributed by atoms with Crippen molar-refractivity contribution in [2.45, 2.75) is 24.9 Å². The molecule has 29 heavy (non-hydrogen) atoms. The summed E-state index contributed by atoms with van der Waals surface area (Å²) in [7, 11) is 0. The quantitative estimate of drug-likeness (QED) is 0.692. The zero-order chi connectivity index (χ0) is 20.5. The van der Waals surface area contributed by atoms with Crippen LogP contribution in [-0.4, -0.2) is 21.7 Å². The molecular formula is C21H17F2N3O2S. The lowest BCUT2D eigenvalue weighted by Crippen LogP contribution is -2.43. The molecule has 148 valence electrons. The average Bonchev–Trinajstić information content (AvgIpc) is 3.36. The summed E-state index contributed by atoms with van der Waals surface area (Å²) in [6.07, 6.45) is 2.16. The molecule has 1 unspecified atom stereocenters. The van der Waals surface area contributed by atoms with E-state index in [0.29, 0.717) is 29.5 Å². The number of amides is 2. The van der Waals surface area contributed by atoms with Crippen LogP contribution in [0.25, 0.3) is 0 Å². The highest BCUT2D eigenvalue weighted by atomic mass is 32.1. The summed E-state index contributed by atoms with van der Waals surface area (Å²) in [5.74, 6) is -2.62. The maximum Gasteiger partial charge on any atom is 0.284 e. The molecule has 0 fully saturated rings. The van der Waals surface area contributed by atoms with E-state index in [1.165, 1.54) is 17.2 Å². The van der Waals surface area contributed by atoms with Crippen LogP contribution in [0.15, 0.2) is 54.0 Å². The number of aromatic nitrogens is 1. The minimum atomic E-state index is -1.10. The Kier molecular flexibility index (Phi) is 5.10. The van der Waals surface area contributed by atoms with Gasteiger partial charge in [-0.2, -0.15) is 0 Å². The van der Waals surface area contributed by atoms with Crippen LogP contribution in [0, 0.1) is 11.6 Å². The smallest absolute Gasteiger partial charge is 0.284 e. The second-order valence-electron chi connectivity index (χ2n) is 6.78. The summed E-state index contributed by atoms with van der Waals surface area (Å²) in [4.78, 5) is 31.2. The van der Waals surface area contributed by atoms with Crippen molar-refractivity contribution in [3.63, 3.8) is 0 Å². The molecule has 5 nitrogen and oxygen atoms in total. The molecule has 0 bridgehead atoms. The van der Waals surface area contributed by atoms with Crippen LogP contribution in [0.3, 0.4) is 0 Å². The molecule has 8 heteroatoms. The number of rotatable bonds is 5. The monoisotopic (exact) mass is 413 g/mol. The summed E-state index contributed by atoms with van der Waals surface area (Å²) < 4.78 is 28.3. The number of fused-ring (bicyclic) bond motifs is 1. The number of carbonyl (C=O) groups excluding carboxylic acids is 2. The molecule has 2 aromatic carbocycles. The van der Waals surface area contributed by atoms with Crippen molar-refractivity contribution in [1.82, 2.24) is 9.88 Å². The lowest BCUT2D eigenvalue weighted by molar-refractivity contribution is -0.123. The maximum absolute atomic E-state index is 14.3. The molecule has 1 aromatic heterocycles. The molecule has 0 saturated heterocycles. The zero-order valence-corrected chi connectivity index (χ0v) is 16.0. The SMILES string of the molecule is NC(=O)C(c1ccccc1)N(C(=O)c1nccs1)[C@@H]1CCc2c(F)cc(F)cc21. The largest absolute Gasteiger partial charge is 0.368 e. The Morgan fingerprint density at radius 2 is 1.97 bits per heavy atom. The Bertz CT molecular complexity index is 1060. The minimum absolute atomic E-state index is 0.178. The molecule has 1 aliphatic rings. The highest BCUT2D eigenvalue weighted by Gasteiger charge is 2.41. The number of thiazole rings is 1. The Labute approximate surface area is 169 Å². The maximum atomic E-state index is 14.3. The summed E-state index contributed by atoms with van der Waals surface area (Å²) in [5.41, 5.74) is 6.94. The van der Waals surface area contributed by atoms with Gasteiger partial charge in [-0.05, 0) is 35.6 Å². The van der Waals surface area contributed by atoms with Gasteiger partial charge in [0.15, 0.2) is 5.01 Å². The molecular weight excluding hydrogens is 396 g/mol. The highest BCUT2D eigenvalue weighted by Crippen LogP contribution is 2.42. The van der Waals surface area contributed by atoms with Crippen molar-refractivity contribution >= 4 is 23.2 Å². The van der Waals surface area contributed by atoms with E-state index in [0.717, 1.165) is 17.4 Å². The second-order valence-corrected chi connectivity index (χ2v) is 7.67. The number of nitrogens with zero attached hydrogens (tertiary/aromatic N) is 2. The molecule has 3 aromatic rings. The molecule has 0 aliphatic heterocycles. The Hall–Kier alpha value is -3.13. The molecule has 2 N–H and O–H groups in total. The first-order valence-corrected chi connectivity index (χ1v) is 9.89. The molecule has 0 spiro atoms. The predicted molar refractivity (Wildman–Crippen MR) is 104 cm³/mol. The van der Waals surface area contributed by atoms with Crippen molar-refractivity contribution in [1.29, 1.82) is 0 Å². The minimum Gasteiger partial charge on any atom is -0.368 e. The van der Waals surface area contributed by atoms with Gasteiger partial charge in [0.25, 0.3) is 5.91 Å². The van der Waals surface area contributed by atoms with Crippen molar-refractivity contribution < 1.29 is 18.4 Å². The summed E-state index contributed by atoms with van der Waals surface area (Å²) in [6.45, 7) is 0. The van der Waals surface area contributed by atoms with E-state index in [-0.39, 0.29) is 5.01 Å². The van der Waals surface area contributed by atoms with Gasteiger partial charge in [-0.15, -0.1) is 11.3 Å². The molecule has 1 heterocycles. The summed E-state index contributed by atoms with van der Waals surface area (Å²) >= 11 is 1.13. The highest BCUT2D eigenvalue weighted by molar-refractivity contribution is 7.11. The first-order chi connectivity index (χ1) is 14.0. The van der Waals surface area contributed by atoms with Gasteiger partial charge in [0.1, 0.15) is 17.7 Å². The Morgan fingerprint density at radius 3 is 2.62 bits per heavy atom. The second kappa shape index (κ2) is 7.71. The normalized spacial score (nSPS) is 16.3. The first-order valence-electron chi connectivity index (χ1n) is 9.01. The van der Waals surface area contributed by atoms with Crippen molar-refractivity contribution in [2.24, 2.45) is 5.73 Å². The van der Waals surface area contributed by atoms with E-state index in [9.17, 15) is 18.4 Å². The number of nitrogens with two attached hydrogens (primary N) is 1. The molecule has 2 atom stereocenters. The van der Waals surface area contributed by atoms with E-state index in [2.05, 4.69) is 4.98 Å². The molecule has 0 radical (unpaired) electrons. The van der Waals surface area contributed by atoms with E-state index in [4.69, 9.17) is 5.73 Å². The number of carbonyl (C=O) groups is 2. The zero-order valence-electron chi connectivity index (χ0n) is 15.2. The fourth-order valence-electron chi connectivity index (χ4n) is 3.89. The van der Waals surface area contributed by atoms with E-state index >= 15 is 0 Å². The third kappa shape index (κ3) is 3.51. The van der Waals surface area contributed by atoms with Gasteiger partial charge in [-0.1, -0.05) is 30.3 Å². The van der Waals surface area contributed by atoms with Crippen LogP contribution < -0.4 is 5.73 Å². The number of benzene rings is 2. The van der Waals surface area contributed by atoms with Gasteiger partial charge in [-0.25, -0.2) is 13.8 Å². The standard InChI is InChI=1S/C21H17F2N3O2S/c22-13-10-15-14(16(23)11-13)6-7-17(15)26(21(28)20-25-8-9-29-20)18(19(24)27)12-4-2-1-3-5-12/h1-5,8-11,17-18H,6-7H2,(H2,24,27)/t17-,18?/m1/s1. The number of hydrogen-bond acceptors (Lipinski definition) is 4. The van der Waals surface area contributed by atoms with E-state index in [1.54, 1.807) is 35.7 Å². The van der Waals surface area contributed by atoms with Crippen LogP contribution in [0.5, 0.6) is 0 Å². The van der Waals surface area contributed by atoms with E-state index in [1.807, 2.05) is 0 Å². The lowest BCUT2D eigenvalue weighted by atomic mass is 9.99. The third-order valence-corrected chi connectivity index (χ3v) is 5.83. The number of halogens is 2. The average molecular weight is 413 g/mol. The van der Waals surface area contributed by atoms with Crippen LogP contribution in [0.1, 0.15) is 45.0 Å². The fourth-order valence-corrected chi connectivity index (χ4v) is 4.46. The Balaban J connectivity index is 1.87. The van der Waals surface area contributed by atoms with Gasteiger partial charge in [0.2, 0.25) is 5.91 Å². The first kappa shape index (κ1) is 19.2. The summed E-state index contributed by atoms with van der Waals surface area (Å²) in [5, 5.41) is 1.83. The van der Waals surface area contributed by atoms with Crippen LogP contribution >= 0.6 is 11.3 Å². The van der Waals surface area contributed by atoms with Crippen molar-refractivity contribution in [2.75, 3.05) is 0 Å². The lowest BCUT2D eigenvalue weighted by Gasteiger charge is -2.35. The van der Waals surface area contributed by atoms with Crippen molar-refractivity contribution in [3.05, 3.63) is 87.4 Å². The third-order valence-electron chi connectivity index (χ3n) is 5.07. The Morgan fingerprint density at radius 1 is 1.21 bits per heavy atom. The van der Waals surface area contributed by atoms with E-state index < -0.39 is 35.5 Å². The van der Waals surface area contributed by atoms with Gasteiger partial charge in [0.05, 0.1) is 6.04 Å². The fraction of sp³-hybridized carbons (Fsp3) is 0.190. The van der Waals surface area contributed by atoms with Crippen LogP contribution in [-0.2, 0) is 11.2 Å². The van der Waals surface area contributed by atoms with Crippen LogP contribution in [0.2, 0.25) is 0 Å². The molecule has 2 amide bonds. The number of hydrogen-bond donors (Lipinski definition) is 1. The molecule has 4 rings (SSSR count).